The lowest BCUT2D eigenvalue weighted by Crippen LogP contribution is -2.45. The molecule has 1 atom stereocenters. The van der Waals surface area contributed by atoms with E-state index < -0.39 is 0 Å². The largest absolute Gasteiger partial charge is 0.375 e. The number of morpholine rings is 1. The van der Waals surface area contributed by atoms with Crippen molar-refractivity contribution in [1.29, 1.82) is 0 Å². The summed E-state index contributed by atoms with van der Waals surface area (Å²) in [5.74, 6) is 0.0620. The van der Waals surface area contributed by atoms with Crippen LogP contribution in [-0.4, -0.2) is 46.4 Å². The van der Waals surface area contributed by atoms with Crippen LogP contribution >= 0.6 is 0 Å². The first kappa shape index (κ1) is 16.7. The van der Waals surface area contributed by atoms with Gasteiger partial charge in [0.05, 0.1) is 35.9 Å². The van der Waals surface area contributed by atoms with Crippen molar-refractivity contribution in [3.05, 3.63) is 47.3 Å². The predicted octanol–water partition coefficient (Wildman–Crippen LogP) is 2.99. The average molecular weight is 327 g/mol. The van der Waals surface area contributed by atoms with Crippen molar-refractivity contribution in [2.75, 3.05) is 19.7 Å². The van der Waals surface area contributed by atoms with E-state index >= 15 is 0 Å². The van der Waals surface area contributed by atoms with E-state index in [1.54, 1.807) is 6.20 Å². The number of hydrogen-bond acceptors (Lipinski definition) is 3. The lowest BCUT2D eigenvalue weighted by molar-refractivity contribution is -0.0226. The van der Waals surface area contributed by atoms with Crippen LogP contribution in [-0.2, 0) is 11.2 Å². The van der Waals surface area contributed by atoms with Gasteiger partial charge in [0.2, 0.25) is 0 Å². The zero-order chi connectivity index (χ0) is 17.1. The molecule has 1 aromatic heterocycles. The van der Waals surface area contributed by atoms with Gasteiger partial charge in [0.25, 0.3) is 5.91 Å². The fourth-order valence-corrected chi connectivity index (χ4v) is 3.12. The van der Waals surface area contributed by atoms with Crippen molar-refractivity contribution in [2.24, 2.45) is 0 Å². The van der Waals surface area contributed by atoms with Crippen LogP contribution in [0.4, 0.5) is 0 Å². The Labute approximate surface area is 143 Å². The van der Waals surface area contributed by atoms with E-state index in [0.717, 1.165) is 24.2 Å². The van der Waals surface area contributed by atoms with Gasteiger partial charge >= 0.3 is 0 Å². The SMILES string of the molecule is CCc1c(C(=O)N2CCOC(CC)C2)cnn1-c1ccc(C)cc1. The Kier molecular flexibility index (Phi) is 5.00. The fraction of sp³-hybridized carbons (Fsp3) is 0.474. The lowest BCUT2D eigenvalue weighted by atomic mass is 10.1. The third kappa shape index (κ3) is 3.22. The molecule has 0 saturated carbocycles. The molecule has 5 heteroatoms. The molecule has 1 aliphatic rings. The zero-order valence-corrected chi connectivity index (χ0v) is 14.7. The molecule has 0 aliphatic carbocycles. The van der Waals surface area contributed by atoms with Crippen LogP contribution < -0.4 is 0 Å². The molecule has 1 unspecified atom stereocenters. The molecule has 1 fully saturated rings. The second-order valence-electron chi connectivity index (χ2n) is 6.26. The smallest absolute Gasteiger partial charge is 0.257 e. The van der Waals surface area contributed by atoms with Crippen LogP contribution in [0.5, 0.6) is 0 Å². The number of nitrogens with zero attached hydrogens (tertiary/aromatic N) is 3. The van der Waals surface area contributed by atoms with E-state index in [0.29, 0.717) is 25.3 Å². The second kappa shape index (κ2) is 7.18. The Bertz CT molecular complexity index is 706. The summed E-state index contributed by atoms with van der Waals surface area (Å²) in [6.45, 7) is 8.13. The summed E-state index contributed by atoms with van der Waals surface area (Å²) in [7, 11) is 0. The predicted molar refractivity (Wildman–Crippen MR) is 93.6 cm³/mol. The van der Waals surface area contributed by atoms with Gasteiger partial charge in [-0.1, -0.05) is 31.5 Å². The Morgan fingerprint density at radius 3 is 2.71 bits per heavy atom. The lowest BCUT2D eigenvalue weighted by Gasteiger charge is -2.32. The minimum absolute atomic E-state index is 0.0620. The molecule has 1 aromatic carbocycles. The number of amides is 1. The molecule has 0 radical (unpaired) electrons. The monoisotopic (exact) mass is 327 g/mol. The van der Waals surface area contributed by atoms with Crippen LogP contribution in [0.15, 0.2) is 30.5 Å². The molecule has 1 aliphatic heterocycles. The van der Waals surface area contributed by atoms with Crippen molar-refractivity contribution in [3.63, 3.8) is 0 Å². The van der Waals surface area contributed by atoms with Gasteiger partial charge in [0.15, 0.2) is 0 Å². The molecule has 3 rings (SSSR count). The quantitative estimate of drug-likeness (QED) is 0.867. The first-order valence-corrected chi connectivity index (χ1v) is 8.68. The molecule has 0 bridgehead atoms. The van der Waals surface area contributed by atoms with Gasteiger partial charge in [-0.25, -0.2) is 4.68 Å². The normalized spacial score (nSPS) is 18.0. The summed E-state index contributed by atoms with van der Waals surface area (Å²) in [6.07, 6.45) is 3.53. The van der Waals surface area contributed by atoms with Gasteiger partial charge in [0, 0.05) is 13.1 Å². The summed E-state index contributed by atoms with van der Waals surface area (Å²) in [5.41, 5.74) is 3.86. The van der Waals surface area contributed by atoms with Gasteiger partial charge in [0.1, 0.15) is 0 Å². The number of aromatic nitrogens is 2. The van der Waals surface area contributed by atoms with Crippen LogP contribution in [0, 0.1) is 6.92 Å². The number of hydrogen-bond donors (Lipinski definition) is 0. The second-order valence-corrected chi connectivity index (χ2v) is 6.26. The van der Waals surface area contributed by atoms with E-state index in [2.05, 4.69) is 38.0 Å². The van der Waals surface area contributed by atoms with Gasteiger partial charge in [-0.2, -0.15) is 5.10 Å². The highest BCUT2D eigenvalue weighted by Gasteiger charge is 2.27. The minimum Gasteiger partial charge on any atom is -0.375 e. The first-order valence-electron chi connectivity index (χ1n) is 8.68. The topological polar surface area (TPSA) is 47.4 Å². The van der Waals surface area contributed by atoms with E-state index in [1.807, 2.05) is 21.7 Å². The molecule has 5 nitrogen and oxygen atoms in total. The van der Waals surface area contributed by atoms with E-state index in [4.69, 9.17) is 4.74 Å². The Balaban J connectivity index is 1.88. The molecule has 2 heterocycles. The molecular formula is C19H25N3O2. The minimum atomic E-state index is 0.0620. The fourth-order valence-electron chi connectivity index (χ4n) is 3.12. The van der Waals surface area contributed by atoms with Gasteiger partial charge in [-0.15, -0.1) is 0 Å². The third-order valence-electron chi connectivity index (χ3n) is 4.59. The molecule has 128 valence electrons. The van der Waals surface area contributed by atoms with Crippen LogP contribution in [0.25, 0.3) is 5.69 Å². The molecule has 2 aromatic rings. The number of carbonyl (C=O) groups excluding carboxylic acids is 1. The van der Waals surface area contributed by atoms with Crippen LogP contribution in [0.3, 0.4) is 0 Å². The highest BCUT2D eigenvalue weighted by atomic mass is 16.5. The standard InChI is InChI=1S/C19H25N3O2/c1-4-16-13-21(10-11-24-16)19(23)17-12-20-22(18(17)5-2)15-8-6-14(3)7-9-15/h6-9,12,16H,4-5,10-11,13H2,1-3H3. The maximum absolute atomic E-state index is 13.0. The summed E-state index contributed by atoms with van der Waals surface area (Å²) < 4.78 is 7.55. The van der Waals surface area contributed by atoms with E-state index in [-0.39, 0.29) is 12.0 Å². The number of aryl methyl sites for hydroxylation is 1. The highest BCUT2D eigenvalue weighted by molar-refractivity contribution is 5.95. The summed E-state index contributed by atoms with van der Waals surface area (Å²) in [6, 6.07) is 8.20. The van der Waals surface area contributed by atoms with Gasteiger partial charge in [-0.3, -0.25) is 4.79 Å². The summed E-state index contributed by atoms with van der Waals surface area (Å²) in [4.78, 5) is 14.9. The first-order chi connectivity index (χ1) is 11.6. The van der Waals surface area contributed by atoms with Crippen molar-refractivity contribution < 1.29 is 9.53 Å². The molecule has 0 N–H and O–H groups in total. The number of benzene rings is 1. The Morgan fingerprint density at radius 1 is 1.29 bits per heavy atom. The number of rotatable bonds is 4. The van der Waals surface area contributed by atoms with Gasteiger partial charge < -0.3 is 9.64 Å². The molecular weight excluding hydrogens is 302 g/mol. The molecule has 1 saturated heterocycles. The molecule has 1 amide bonds. The molecule has 24 heavy (non-hydrogen) atoms. The van der Waals surface area contributed by atoms with Crippen LogP contribution in [0.2, 0.25) is 0 Å². The van der Waals surface area contributed by atoms with Crippen molar-refractivity contribution in [2.45, 2.75) is 39.7 Å². The average Bonchev–Trinajstić information content (AvgIpc) is 3.05. The maximum atomic E-state index is 13.0. The molecule has 0 spiro atoms. The Morgan fingerprint density at radius 2 is 2.04 bits per heavy atom. The van der Waals surface area contributed by atoms with E-state index in [1.165, 1.54) is 5.56 Å². The Hall–Kier alpha value is -2.14. The van der Waals surface area contributed by atoms with Gasteiger partial charge in [-0.05, 0) is 31.9 Å². The summed E-state index contributed by atoms with van der Waals surface area (Å²) >= 11 is 0. The highest BCUT2D eigenvalue weighted by Crippen LogP contribution is 2.19. The zero-order valence-electron chi connectivity index (χ0n) is 14.7. The maximum Gasteiger partial charge on any atom is 0.257 e. The summed E-state index contributed by atoms with van der Waals surface area (Å²) in [5, 5.41) is 4.48. The third-order valence-corrected chi connectivity index (χ3v) is 4.59. The van der Waals surface area contributed by atoms with E-state index in [9.17, 15) is 4.79 Å². The number of carbonyl (C=O) groups is 1. The van der Waals surface area contributed by atoms with Crippen molar-refractivity contribution in [1.82, 2.24) is 14.7 Å². The van der Waals surface area contributed by atoms with Crippen molar-refractivity contribution in [3.8, 4) is 5.69 Å². The van der Waals surface area contributed by atoms with Crippen LogP contribution in [0.1, 0.15) is 41.9 Å². The number of ether oxygens (including phenoxy) is 1. The van der Waals surface area contributed by atoms with Crippen molar-refractivity contribution >= 4 is 5.91 Å².